The Bertz CT molecular complexity index is 653. The Kier molecular flexibility index (Phi) is 6.42. The molecule has 4 nitrogen and oxygen atoms in total. The van der Waals surface area contributed by atoms with Crippen LogP contribution in [0.15, 0.2) is 11.0 Å². The normalized spacial score (nSPS) is 21.8. The average molecular weight is 377 g/mol. The molecule has 1 atom stereocenters. The highest BCUT2D eigenvalue weighted by Gasteiger charge is 2.33. The second kappa shape index (κ2) is 7.33. The van der Waals surface area contributed by atoms with E-state index in [0.29, 0.717) is 13.0 Å². The van der Waals surface area contributed by atoms with Crippen LogP contribution in [0.4, 0.5) is 17.6 Å². The van der Waals surface area contributed by atoms with Crippen LogP contribution < -0.4 is 10.0 Å². The van der Waals surface area contributed by atoms with Crippen LogP contribution in [0.25, 0.3) is 0 Å². The highest BCUT2D eigenvalue weighted by molar-refractivity contribution is 7.89. The van der Waals surface area contributed by atoms with E-state index in [1.54, 1.807) is 6.92 Å². The van der Waals surface area contributed by atoms with Gasteiger partial charge in [0.05, 0.1) is 0 Å². The van der Waals surface area contributed by atoms with Gasteiger partial charge in [0, 0.05) is 19.2 Å². The Labute approximate surface area is 138 Å². The Balaban J connectivity index is 0.00000264. The monoisotopic (exact) mass is 376 g/mol. The van der Waals surface area contributed by atoms with E-state index < -0.39 is 43.6 Å². The molecule has 0 saturated carbocycles. The van der Waals surface area contributed by atoms with Gasteiger partial charge in [-0.15, -0.1) is 12.4 Å². The minimum atomic E-state index is -4.71. The number of hydrogen-bond donors (Lipinski definition) is 2. The van der Waals surface area contributed by atoms with Crippen molar-refractivity contribution in [3.05, 3.63) is 29.3 Å². The van der Waals surface area contributed by atoms with E-state index >= 15 is 0 Å². The molecule has 1 saturated heterocycles. The van der Waals surface area contributed by atoms with Gasteiger partial charge in [-0.2, -0.15) is 0 Å². The molecule has 1 fully saturated rings. The fourth-order valence-electron chi connectivity index (χ4n) is 2.40. The van der Waals surface area contributed by atoms with Crippen LogP contribution in [-0.4, -0.2) is 28.1 Å². The summed E-state index contributed by atoms with van der Waals surface area (Å²) < 4.78 is 79.5. The Hall–Kier alpha value is -0.900. The number of rotatable bonds is 4. The zero-order valence-corrected chi connectivity index (χ0v) is 13.9. The van der Waals surface area contributed by atoms with Gasteiger partial charge in [0.15, 0.2) is 28.2 Å². The largest absolute Gasteiger partial charge is 0.316 e. The standard InChI is InChI=1S/C13H16F4N2O2S.ClH/c1-13(3-2-4-18-6-13)7-19-22(20,21)12-10(16)8(14)5-9(15)11(12)17;/h5,18-19H,2-4,6-7H2,1H3;1H. The number of benzene rings is 1. The Morgan fingerprint density at radius 1 is 1.22 bits per heavy atom. The van der Waals surface area contributed by atoms with E-state index in [-0.39, 0.29) is 25.0 Å². The molecule has 1 aromatic carbocycles. The van der Waals surface area contributed by atoms with Gasteiger partial charge in [-0.25, -0.2) is 30.7 Å². The molecule has 2 N–H and O–H groups in total. The lowest BCUT2D eigenvalue weighted by molar-refractivity contribution is 0.238. The van der Waals surface area contributed by atoms with Gasteiger partial charge in [0.2, 0.25) is 10.0 Å². The van der Waals surface area contributed by atoms with Crippen LogP contribution in [0.1, 0.15) is 19.8 Å². The first kappa shape index (κ1) is 20.1. The molecule has 0 bridgehead atoms. The van der Waals surface area contributed by atoms with Gasteiger partial charge in [0.1, 0.15) is 0 Å². The zero-order valence-electron chi connectivity index (χ0n) is 12.3. The fraction of sp³-hybridized carbons (Fsp3) is 0.538. The van der Waals surface area contributed by atoms with Crippen molar-refractivity contribution in [2.75, 3.05) is 19.6 Å². The minimum absolute atomic E-state index is 0. The molecule has 132 valence electrons. The quantitative estimate of drug-likeness (QED) is 0.626. The van der Waals surface area contributed by atoms with Crippen LogP contribution in [0.3, 0.4) is 0 Å². The van der Waals surface area contributed by atoms with Crippen molar-refractivity contribution in [1.29, 1.82) is 0 Å². The summed E-state index contributed by atoms with van der Waals surface area (Å²) in [5.41, 5.74) is -0.440. The Morgan fingerprint density at radius 3 is 2.26 bits per heavy atom. The number of hydrogen-bond acceptors (Lipinski definition) is 3. The molecule has 0 aromatic heterocycles. The lowest BCUT2D eigenvalue weighted by atomic mass is 9.83. The van der Waals surface area contributed by atoms with Crippen molar-refractivity contribution in [3.8, 4) is 0 Å². The lowest BCUT2D eigenvalue weighted by Gasteiger charge is -2.34. The third kappa shape index (κ3) is 4.34. The molecule has 0 spiro atoms. The number of halogens is 5. The third-order valence-electron chi connectivity index (χ3n) is 3.71. The van der Waals surface area contributed by atoms with Crippen LogP contribution in [0.2, 0.25) is 0 Å². The van der Waals surface area contributed by atoms with Gasteiger partial charge >= 0.3 is 0 Å². The molecule has 1 aromatic rings. The van der Waals surface area contributed by atoms with Crippen LogP contribution in [0, 0.1) is 28.7 Å². The lowest BCUT2D eigenvalue weighted by Crippen LogP contribution is -2.45. The summed E-state index contributed by atoms with van der Waals surface area (Å²) in [4.78, 5) is -1.63. The predicted molar refractivity (Wildman–Crippen MR) is 78.9 cm³/mol. The summed E-state index contributed by atoms with van der Waals surface area (Å²) in [5, 5.41) is 3.09. The molecule has 0 radical (unpaired) electrons. The molecule has 1 aliphatic heterocycles. The van der Waals surface area contributed by atoms with Gasteiger partial charge in [-0.05, 0) is 24.8 Å². The van der Waals surface area contributed by atoms with Crippen LogP contribution >= 0.6 is 12.4 Å². The van der Waals surface area contributed by atoms with Gasteiger partial charge in [0.25, 0.3) is 0 Å². The highest BCUT2D eigenvalue weighted by atomic mass is 35.5. The maximum atomic E-state index is 13.6. The molecule has 0 aliphatic carbocycles. The summed E-state index contributed by atoms with van der Waals surface area (Å²) in [6.45, 7) is 3.04. The highest BCUT2D eigenvalue weighted by Crippen LogP contribution is 2.27. The van der Waals surface area contributed by atoms with Crippen molar-refractivity contribution in [2.24, 2.45) is 5.41 Å². The summed E-state index contributed by atoms with van der Waals surface area (Å²) in [6, 6.07) is -0.0317. The molecule has 1 aliphatic rings. The van der Waals surface area contributed by atoms with Crippen LogP contribution in [0.5, 0.6) is 0 Å². The molecule has 0 amide bonds. The van der Waals surface area contributed by atoms with Gasteiger partial charge in [-0.1, -0.05) is 6.92 Å². The number of sulfonamides is 1. The van der Waals surface area contributed by atoms with E-state index in [9.17, 15) is 26.0 Å². The topological polar surface area (TPSA) is 58.2 Å². The first-order valence-electron chi connectivity index (χ1n) is 6.70. The molecule has 1 unspecified atom stereocenters. The van der Waals surface area contributed by atoms with Crippen molar-refractivity contribution in [2.45, 2.75) is 24.7 Å². The van der Waals surface area contributed by atoms with Gasteiger partial charge < -0.3 is 5.32 Å². The Morgan fingerprint density at radius 2 is 1.78 bits per heavy atom. The second-order valence-electron chi connectivity index (χ2n) is 5.71. The smallest absolute Gasteiger partial charge is 0.246 e. The third-order valence-corrected chi connectivity index (χ3v) is 5.14. The van der Waals surface area contributed by atoms with E-state index in [2.05, 4.69) is 5.32 Å². The predicted octanol–water partition coefficient (Wildman–Crippen LogP) is 2.33. The second-order valence-corrected chi connectivity index (χ2v) is 7.42. The van der Waals surface area contributed by atoms with Crippen molar-refractivity contribution >= 4 is 22.4 Å². The van der Waals surface area contributed by atoms with E-state index in [1.807, 2.05) is 4.72 Å². The summed E-state index contributed by atoms with van der Waals surface area (Å²) in [7, 11) is -4.71. The van der Waals surface area contributed by atoms with E-state index in [0.717, 1.165) is 13.0 Å². The molecule has 10 heteroatoms. The summed E-state index contributed by atoms with van der Waals surface area (Å²) in [5.74, 6) is -7.38. The summed E-state index contributed by atoms with van der Waals surface area (Å²) in [6.07, 6.45) is 1.54. The molecule has 23 heavy (non-hydrogen) atoms. The van der Waals surface area contributed by atoms with E-state index in [4.69, 9.17) is 0 Å². The molecular formula is C13H17ClF4N2O2S. The number of nitrogens with one attached hydrogen (secondary N) is 2. The minimum Gasteiger partial charge on any atom is -0.316 e. The first-order chi connectivity index (χ1) is 10.2. The number of piperidine rings is 1. The zero-order chi connectivity index (χ0) is 16.5. The SMILES string of the molecule is CC1(CNS(=O)(=O)c2c(F)c(F)cc(F)c2F)CCCNC1.Cl. The molecule has 2 rings (SSSR count). The fourth-order valence-corrected chi connectivity index (χ4v) is 3.75. The maximum Gasteiger partial charge on any atom is 0.246 e. The van der Waals surface area contributed by atoms with Gasteiger partial charge in [-0.3, -0.25) is 0 Å². The van der Waals surface area contributed by atoms with Crippen molar-refractivity contribution in [1.82, 2.24) is 10.0 Å². The molecular weight excluding hydrogens is 360 g/mol. The summed E-state index contributed by atoms with van der Waals surface area (Å²) >= 11 is 0. The average Bonchev–Trinajstić information content (AvgIpc) is 2.44. The molecule has 1 heterocycles. The van der Waals surface area contributed by atoms with Crippen molar-refractivity contribution < 1.29 is 26.0 Å². The van der Waals surface area contributed by atoms with Crippen LogP contribution in [-0.2, 0) is 10.0 Å². The van der Waals surface area contributed by atoms with E-state index in [1.165, 1.54) is 0 Å². The first-order valence-corrected chi connectivity index (χ1v) is 8.18. The maximum absolute atomic E-state index is 13.6. The van der Waals surface area contributed by atoms with Crippen molar-refractivity contribution in [3.63, 3.8) is 0 Å².